The molecule has 0 saturated carbocycles. The minimum absolute atomic E-state index is 0.0978. The van der Waals surface area contributed by atoms with Crippen molar-refractivity contribution in [2.75, 3.05) is 10.6 Å². The maximum atomic E-state index is 12.4. The van der Waals surface area contributed by atoms with Gasteiger partial charge in [0.15, 0.2) is 11.2 Å². The average Bonchev–Trinajstić information content (AvgIpc) is 3.05. The van der Waals surface area contributed by atoms with Gasteiger partial charge in [0.2, 0.25) is 5.91 Å². The van der Waals surface area contributed by atoms with Crippen molar-refractivity contribution in [2.24, 2.45) is 0 Å². The number of carbonyl (C=O) groups is 2. The highest BCUT2D eigenvalue weighted by molar-refractivity contribution is 7.22. The number of halogens is 2. The summed E-state index contributed by atoms with van der Waals surface area (Å²) in [6, 6.07) is 10.1. The molecule has 0 saturated heterocycles. The van der Waals surface area contributed by atoms with E-state index in [2.05, 4.69) is 15.6 Å². The smallest absolute Gasteiger partial charge is 0.265 e. The van der Waals surface area contributed by atoms with Crippen LogP contribution in [0.15, 0.2) is 36.4 Å². The van der Waals surface area contributed by atoms with Crippen LogP contribution in [-0.2, 0) is 9.59 Å². The molecule has 9 heteroatoms. The first-order valence-electron chi connectivity index (χ1n) is 8.48. The van der Waals surface area contributed by atoms with E-state index in [9.17, 15) is 9.59 Å². The summed E-state index contributed by atoms with van der Waals surface area (Å²) in [5.41, 5.74) is 1.35. The Morgan fingerprint density at radius 1 is 1.18 bits per heavy atom. The fourth-order valence-electron chi connectivity index (χ4n) is 2.32. The third kappa shape index (κ3) is 4.92. The minimum Gasteiger partial charge on any atom is -0.479 e. The lowest BCUT2D eigenvalue weighted by molar-refractivity contribution is -0.122. The number of nitrogens with one attached hydrogen (secondary N) is 2. The summed E-state index contributed by atoms with van der Waals surface area (Å²) in [5, 5.41) is 6.89. The first kappa shape index (κ1) is 20.4. The second-order valence-electron chi connectivity index (χ2n) is 5.93. The fraction of sp³-hybridized carbons (Fsp3) is 0.211. The molecule has 0 bridgehead atoms. The van der Waals surface area contributed by atoms with Crippen molar-refractivity contribution in [1.82, 2.24) is 4.98 Å². The van der Waals surface area contributed by atoms with E-state index in [1.165, 1.54) is 11.3 Å². The van der Waals surface area contributed by atoms with Crippen molar-refractivity contribution in [2.45, 2.75) is 26.4 Å². The van der Waals surface area contributed by atoms with Gasteiger partial charge in [-0.15, -0.1) is 0 Å². The molecule has 2 aromatic carbocycles. The number of hydrogen-bond acceptors (Lipinski definition) is 5. The van der Waals surface area contributed by atoms with Crippen molar-refractivity contribution in [3.63, 3.8) is 0 Å². The maximum absolute atomic E-state index is 12.4. The fourth-order valence-corrected chi connectivity index (χ4v) is 3.70. The zero-order valence-electron chi connectivity index (χ0n) is 15.1. The monoisotopic (exact) mass is 437 g/mol. The number of hydrogen-bond donors (Lipinski definition) is 2. The van der Waals surface area contributed by atoms with Crippen molar-refractivity contribution < 1.29 is 14.3 Å². The molecule has 3 aromatic rings. The van der Waals surface area contributed by atoms with E-state index in [0.717, 1.165) is 10.2 Å². The summed E-state index contributed by atoms with van der Waals surface area (Å²) in [7, 11) is 0. The lowest BCUT2D eigenvalue weighted by Gasteiger charge is -2.15. The van der Waals surface area contributed by atoms with Gasteiger partial charge in [0, 0.05) is 17.1 Å². The third-order valence-electron chi connectivity index (χ3n) is 3.79. The molecule has 0 aliphatic carbocycles. The molecule has 1 aromatic heterocycles. The summed E-state index contributed by atoms with van der Waals surface area (Å²) in [5.74, 6) is -0.0447. The summed E-state index contributed by atoms with van der Waals surface area (Å²) in [4.78, 5) is 28.3. The van der Waals surface area contributed by atoms with E-state index in [1.807, 2.05) is 0 Å². The number of anilines is 2. The zero-order valence-corrected chi connectivity index (χ0v) is 17.4. The van der Waals surface area contributed by atoms with Gasteiger partial charge in [-0.1, -0.05) is 41.5 Å². The Labute approximate surface area is 175 Å². The average molecular weight is 438 g/mol. The standard InChI is InChI=1S/C19H17Cl2N3O3S/c1-3-17(25)24-19-23-14-6-5-12(9-16(14)28-19)22-18(26)10(2)27-15-7-4-11(20)8-13(15)21/h4-10H,3H2,1-2H3,(H,22,26)(H,23,24,25)/t10-/m0/s1. The van der Waals surface area contributed by atoms with Crippen LogP contribution in [0.2, 0.25) is 10.0 Å². The highest BCUT2D eigenvalue weighted by Crippen LogP contribution is 2.30. The Balaban J connectivity index is 1.68. The predicted octanol–water partition coefficient (Wildman–Crippen LogP) is 5.36. The van der Waals surface area contributed by atoms with E-state index < -0.39 is 6.10 Å². The van der Waals surface area contributed by atoms with Crippen LogP contribution in [0, 0.1) is 0 Å². The molecular formula is C19H17Cl2N3O3S. The second kappa shape index (κ2) is 8.77. The van der Waals surface area contributed by atoms with E-state index >= 15 is 0 Å². The van der Waals surface area contributed by atoms with Crippen molar-refractivity contribution in [3.8, 4) is 5.75 Å². The van der Waals surface area contributed by atoms with Crippen LogP contribution >= 0.6 is 34.5 Å². The number of carbonyl (C=O) groups excluding carboxylic acids is 2. The topological polar surface area (TPSA) is 80.3 Å². The molecule has 1 atom stereocenters. The van der Waals surface area contributed by atoms with Crippen molar-refractivity contribution in [3.05, 3.63) is 46.4 Å². The van der Waals surface area contributed by atoms with Gasteiger partial charge in [-0.3, -0.25) is 9.59 Å². The Hall–Kier alpha value is -2.35. The number of thiazole rings is 1. The number of rotatable bonds is 6. The van der Waals surface area contributed by atoms with Gasteiger partial charge in [0.1, 0.15) is 5.75 Å². The maximum Gasteiger partial charge on any atom is 0.265 e. The lowest BCUT2D eigenvalue weighted by atomic mass is 10.2. The Bertz CT molecular complexity index is 1040. The Kier molecular flexibility index (Phi) is 6.39. The number of benzene rings is 2. The molecule has 28 heavy (non-hydrogen) atoms. The number of ether oxygens (including phenoxy) is 1. The van der Waals surface area contributed by atoms with E-state index in [0.29, 0.717) is 33.0 Å². The summed E-state index contributed by atoms with van der Waals surface area (Å²) >= 11 is 13.3. The van der Waals surface area contributed by atoms with Crippen molar-refractivity contribution >= 4 is 67.4 Å². The van der Waals surface area contributed by atoms with Gasteiger partial charge < -0.3 is 15.4 Å². The van der Waals surface area contributed by atoms with Crippen molar-refractivity contribution in [1.29, 1.82) is 0 Å². The normalized spacial score (nSPS) is 11.9. The molecular weight excluding hydrogens is 421 g/mol. The van der Waals surface area contributed by atoms with Crippen LogP contribution in [0.3, 0.4) is 0 Å². The molecule has 0 spiro atoms. The molecule has 6 nitrogen and oxygen atoms in total. The molecule has 3 rings (SSSR count). The van der Waals surface area contributed by atoms with Gasteiger partial charge in [0.05, 0.1) is 15.2 Å². The van der Waals surface area contributed by atoms with E-state index in [1.54, 1.807) is 50.2 Å². The van der Waals surface area contributed by atoms with Gasteiger partial charge in [-0.2, -0.15) is 0 Å². The van der Waals surface area contributed by atoms with Crippen LogP contribution in [0.25, 0.3) is 10.2 Å². The van der Waals surface area contributed by atoms with Gasteiger partial charge in [-0.05, 0) is 43.3 Å². The van der Waals surface area contributed by atoms with Crippen LogP contribution < -0.4 is 15.4 Å². The first-order chi connectivity index (χ1) is 13.4. The molecule has 146 valence electrons. The highest BCUT2D eigenvalue weighted by Gasteiger charge is 2.17. The zero-order chi connectivity index (χ0) is 20.3. The number of aromatic nitrogens is 1. The predicted molar refractivity (Wildman–Crippen MR) is 114 cm³/mol. The van der Waals surface area contributed by atoms with Gasteiger partial charge in [-0.25, -0.2) is 4.98 Å². The van der Waals surface area contributed by atoms with Gasteiger partial charge in [0.25, 0.3) is 5.91 Å². The largest absolute Gasteiger partial charge is 0.479 e. The summed E-state index contributed by atoms with van der Waals surface area (Å²) in [6.45, 7) is 3.40. The van der Waals surface area contributed by atoms with Crippen LogP contribution in [0.5, 0.6) is 5.75 Å². The highest BCUT2D eigenvalue weighted by atomic mass is 35.5. The molecule has 0 aliphatic rings. The number of fused-ring (bicyclic) bond motifs is 1. The molecule has 1 heterocycles. The lowest BCUT2D eigenvalue weighted by Crippen LogP contribution is -2.30. The molecule has 2 amide bonds. The van der Waals surface area contributed by atoms with Crippen LogP contribution in [0.4, 0.5) is 10.8 Å². The van der Waals surface area contributed by atoms with Crippen LogP contribution in [0.1, 0.15) is 20.3 Å². The second-order valence-corrected chi connectivity index (χ2v) is 7.80. The molecule has 0 unspecified atom stereocenters. The third-order valence-corrected chi connectivity index (χ3v) is 5.25. The first-order valence-corrected chi connectivity index (χ1v) is 10.1. The number of amides is 2. The van der Waals surface area contributed by atoms with E-state index in [-0.39, 0.29) is 11.8 Å². The Morgan fingerprint density at radius 3 is 2.68 bits per heavy atom. The quantitative estimate of drug-likeness (QED) is 0.543. The van der Waals surface area contributed by atoms with Gasteiger partial charge >= 0.3 is 0 Å². The number of nitrogens with zero attached hydrogens (tertiary/aromatic N) is 1. The SMILES string of the molecule is CCC(=O)Nc1nc2ccc(NC(=O)[C@H](C)Oc3ccc(Cl)cc3Cl)cc2s1. The molecule has 0 aliphatic heterocycles. The molecule has 2 N–H and O–H groups in total. The summed E-state index contributed by atoms with van der Waals surface area (Å²) in [6.07, 6.45) is -0.387. The minimum atomic E-state index is -0.768. The molecule has 0 radical (unpaired) electrons. The van der Waals surface area contributed by atoms with E-state index in [4.69, 9.17) is 27.9 Å². The molecule has 0 fully saturated rings. The summed E-state index contributed by atoms with van der Waals surface area (Å²) < 4.78 is 6.47. The Morgan fingerprint density at radius 2 is 1.96 bits per heavy atom. The van der Waals surface area contributed by atoms with Crippen LogP contribution in [-0.4, -0.2) is 22.9 Å².